The number of hydrogen-bond donors (Lipinski definition) is 2. The Balaban J connectivity index is 1.99. The summed E-state index contributed by atoms with van der Waals surface area (Å²) in [6, 6.07) is 12.0. The van der Waals surface area contributed by atoms with Crippen molar-refractivity contribution >= 4 is 50.8 Å². The lowest BCUT2D eigenvalue weighted by molar-refractivity contribution is 0.0772. The summed E-state index contributed by atoms with van der Waals surface area (Å²) < 4.78 is 11.2. The molecule has 2 N–H and O–H groups in total. The molecule has 9 heteroatoms. The minimum atomic E-state index is -0.364. The van der Waals surface area contributed by atoms with Crippen molar-refractivity contribution in [3.63, 3.8) is 0 Å². The second kappa shape index (κ2) is 12.4. The van der Waals surface area contributed by atoms with E-state index in [4.69, 9.17) is 21.7 Å². The molecule has 0 bridgehead atoms. The number of benzene rings is 2. The molecule has 31 heavy (non-hydrogen) atoms. The molecular formula is C22H26BrN3O4S. The van der Waals surface area contributed by atoms with E-state index in [9.17, 15) is 9.59 Å². The van der Waals surface area contributed by atoms with Crippen LogP contribution in [0.5, 0.6) is 5.75 Å². The minimum Gasteiger partial charge on any atom is -0.490 e. The second-order valence-corrected chi connectivity index (χ2v) is 7.72. The van der Waals surface area contributed by atoms with Crippen LogP contribution in [0, 0.1) is 0 Å². The smallest absolute Gasteiger partial charge is 0.257 e. The quantitative estimate of drug-likeness (QED) is 0.393. The number of carbonyl (C=O) groups is 2. The van der Waals surface area contributed by atoms with Gasteiger partial charge in [-0.25, -0.2) is 0 Å². The van der Waals surface area contributed by atoms with Crippen LogP contribution < -0.4 is 15.4 Å². The Bertz CT molecular complexity index is 935. The number of halogens is 1. The molecule has 0 atom stereocenters. The maximum absolute atomic E-state index is 12.5. The lowest BCUT2D eigenvalue weighted by Crippen LogP contribution is -2.34. The summed E-state index contributed by atoms with van der Waals surface area (Å²) in [5, 5.41) is 5.73. The van der Waals surface area contributed by atoms with E-state index in [2.05, 4.69) is 26.6 Å². The minimum absolute atomic E-state index is 0.0544. The maximum atomic E-state index is 12.5. The van der Waals surface area contributed by atoms with Gasteiger partial charge in [0.25, 0.3) is 11.8 Å². The Morgan fingerprint density at radius 1 is 1.06 bits per heavy atom. The molecule has 0 aliphatic rings. The Kier molecular flexibility index (Phi) is 9.90. The fourth-order valence-corrected chi connectivity index (χ4v) is 3.46. The van der Waals surface area contributed by atoms with Crippen molar-refractivity contribution in [1.29, 1.82) is 0 Å². The summed E-state index contributed by atoms with van der Waals surface area (Å²) in [5.41, 5.74) is 1.59. The average molecular weight is 508 g/mol. The Morgan fingerprint density at radius 2 is 1.81 bits per heavy atom. The molecular weight excluding hydrogens is 482 g/mol. The van der Waals surface area contributed by atoms with Gasteiger partial charge in [-0.15, -0.1) is 0 Å². The van der Waals surface area contributed by atoms with Crippen LogP contribution in [0.15, 0.2) is 46.9 Å². The summed E-state index contributed by atoms with van der Waals surface area (Å²) in [5.74, 6) is 0.197. The molecule has 0 aromatic heterocycles. The molecule has 0 saturated carbocycles. The van der Waals surface area contributed by atoms with Crippen LogP contribution in [0.4, 0.5) is 5.69 Å². The number of carbonyl (C=O) groups excluding carboxylic acids is 2. The highest BCUT2D eigenvalue weighted by Crippen LogP contribution is 2.26. The monoisotopic (exact) mass is 507 g/mol. The zero-order valence-corrected chi connectivity index (χ0v) is 20.1. The molecule has 0 aliphatic heterocycles. The molecule has 2 aromatic rings. The summed E-state index contributed by atoms with van der Waals surface area (Å²) >= 11 is 8.66. The van der Waals surface area contributed by atoms with Gasteiger partial charge in [0.05, 0.1) is 11.1 Å². The Hall–Kier alpha value is -2.49. The van der Waals surface area contributed by atoms with Crippen LogP contribution in [0.3, 0.4) is 0 Å². The summed E-state index contributed by atoms with van der Waals surface area (Å²) in [7, 11) is 1.60. The molecule has 2 aromatic carbocycles. The van der Waals surface area contributed by atoms with Gasteiger partial charge in [0.2, 0.25) is 0 Å². The number of thiocarbonyl (C=S) groups is 1. The van der Waals surface area contributed by atoms with E-state index in [0.29, 0.717) is 53.3 Å². The number of nitrogens with one attached hydrogen (secondary N) is 2. The molecule has 2 amide bonds. The van der Waals surface area contributed by atoms with Gasteiger partial charge in [0, 0.05) is 37.0 Å². The average Bonchev–Trinajstić information content (AvgIpc) is 2.75. The van der Waals surface area contributed by atoms with E-state index in [0.717, 1.165) is 0 Å². The molecule has 0 spiro atoms. The number of anilines is 1. The largest absolute Gasteiger partial charge is 0.490 e. The fourth-order valence-electron chi connectivity index (χ4n) is 2.76. The first kappa shape index (κ1) is 24.8. The number of rotatable bonds is 9. The zero-order valence-electron chi connectivity index (χ0n) is 17.7. The molecule has 0 heterocycles. The highest BCUT2D eigenvalue weighted by molar-refractivity contribution is 9.10. The Labute approximate surface area is 196 Å². The zero-order chi connectivity index (χ0) is 22.8. The lowest BCUT2D eigenvalue weighted by atomic mass is 10.1. The fraction of sp³-hybridized carbons (Fsp3) is 0.318. The normalized spacial score (nSPS) is 10.3. The highest BCUT2D eigenvalue weighted by atomic mass is 79.9. The Morgan fingerprint density at radius 3 is 2.45 bits per heavy atom. The van der Waals surface area contributed by atoms with Crippen molar-refractivity contribution in [2.45, 2.75) is 13.8 Å². The topological polar surface area (TPSA) is 79.9 Å². The first-order valence-corrected chi connectivity index (χ1v) is 11.0. The lowest BCUT2D eigenvalue weighted by Gasteiger charge is -2.19. The van der Waals surface area contributed by atoms with Crippen molar-refractivity contribution in [2.24, 2.45) is 0 Å². The van der Waals surface area contributed by atoms with Gasteiger partial charge in [-0.2, -0.15) is 0 Å². The summed E-state index contributed by atoms with van der Waals surface area (Å²) in [6.07, 6.45) is 0. The van der Waals surface area contributed by atoms with Crippen LogP contribution in [0.2, 0.25) is 0 Å². The predicted octanol–water partition coefficient (Wildman–Crippen LogP) is 4.08. The number of methoxy groups -OCH3 is 1. The SMILES string of the molecule is CCN(CC)C(=O)c1cccc(NC(=S)NC(=O)c2ccc(OCCOC)c(Br)c2)c1. The molecule has 0 aliphatic carbocycles. The van der Waals surface area contributed by atoms with Crippen LogP contribution in [0.25, 0.3) is 0 Å². The van der Waals surface area contributed by atoms with Gasteiger partial charge in [-0.3, -0.25) is 14.9 Å². The van der Waals surface area contributed by atoms with Crippen molar-refractivity contribution in [2.75, 3.05) is 38.7 Å². The van der Waals surface area contributed by atoms with Gasteiger partial charge in [0.1, 0.15) is 12.4 Å². The second-order valence-electron chi connectivity index (χ2n) is 6.45. The van der Waals surface area contributed by atoms with E-state index in [1.165, 1.54) is 0 Å². The third-order valence-electron chi connectivity index (χ3n) is 4.38. The predicted molar refractivity (Wildman–Crippen MR) is 129 cm³/mol. The molecule has 7 nitrogen and oxygen atoms in total. The third kappa shape index (κ3) is 7.30. The van der Waals surface area contributed by atoms with Crippen LogP contribution in [0.1, 0.15) is 34.6 Å². The van der Waals surface area contributed by atoms with Gasteiger partial charge in [-0.05, 0) is 78.4 Å². The number of nitrogens with zero attached hydrogens (tertiary/aromatic N) is 1. The van der Waals surface area contributed by atoms with Crippen molar-refractivity contribution in [3.05, 3.63) is 58.1 Å². The summed E-state index contributed by atoms with van der Waals surface area (Å²) in [6.45, 7) is 6.01. The molecule has 0 fully saturated rings. The molecule has 0 saturated heterocycles. The third-order valence-corrected chi connectivity index (χ3v) is 5.21. The molecule has 0 unspecified atom stereocenters. The van der Waals surface area contributed by atoms with Crippen LogP contribution in [-0.2, 0) is 4.74 Å². The van der Waals surface area contributed by atoms with Gasteiger partial charge in [-0.1, -0.05) is 6.07 Å². The van der Waals surface area contributed by atoms with Crippen molar-refractivity contribution < 1.29 is 19.1 Å². The number of ether oxygens (including phenoxy) is 2. The molecule has 2 rings (SSSR count). The van der Waals surface area contributed by atoms with E-state index >= 15 is 0 Å². The van der Waals surface area contributed by atoms with Gasteiger partial charge >= 0.3 is 0 Å². The van der Waals surface area contributed by atoms with Crippen molar-refractivity contribution in [3.8, 4) is 5.75 Å². The summed E-state index contributed by atoms with van der Waals surface area (Å²) in [4.78, 5) is 26.8. The van der Waals surface area contributed by atoms with Crippen LogP contribution in [-0.4, -0.2) is 55.2 Å². The van der Waals surface area contributed by atoms with Crippen molar-refractivity contribution in [1.82, 2.24) is 10.2 Å². The van der Waals surface area contributed by atoms with Crippen LogP contribution >= 0.6 is 28.1 Å². The van der Waals surface area contributed by atoms with E-state index in [1.54, 1.807) is 54.5 Å². The standard InChI is InChI=1S/C22H26BrN3O4S/c1-4-26(5-2)21(28)16-7-6-8-17(13-16)24-22(31)25-20(27)15-9-10-19(18(23)14-15)30-12-11-29-3/h6-10,13-14H,4-5,11-12H2,1-3H3,(H2,24,25,27,31). The first-order valence-electron chi connectivity index (χ1n) is 9.82. The van der Waals surface area contributed by atoms with E-state index < -0.39 is 0 Å². The maximum Gasteiger partial charge on any atom is 0.257 e. The molecule has 0 radical (unpaired) electrons. The first-order chi connectivity index (χ1) is 14.9. The van der Waals surface area contributed by atoms with E-state index in [1.807, 2.05) is 13.8 Å². The van der Waals surface area contributed by atoms with E-state index in [-0.39, 0.29) is 16.9 Å². The highest BCUT2D eigenvalue weighted by Gasteiger charge is 2.14. The number of hydrogen-bond acceptors (Lipinski definition) is 5. The van der Waals surface area contributed by atoms with Gasteiger partial charge < -0.3 is 19.7 Å². The molecule has 166 valence electrons. The van der Waals surface area contributed by atoms with Gasteiger partial charge in [0.15, 0.2) is 5.11 Å². The number of amides is 2.